The van der Waals surface area contributed by atoms with Crippen LogP contribution >= 0.6 is 0 Å². The molecule has 1 amide bonds. The van der Waals surface area contributed by atoms with Gasteiger partial charge in [-0.25, -0.2) is 4.79 Å². The average Bonchev–Trinajstić information content (AvgIpc) is 2.71. The summed E-state index contributed by atoms with van der Waals surface area (Å²) in [5, 5.41) is 0. The number of esters is 1. The molecule has 0 saturated carbocycles. The zero-order chi connectivity index (χ0) is 15.8. The monoisotopic (exact) mass is 294 g/mol. The molecule has 6 nitrogen and oxygen atoms in total. The first-order valence-corrected chi connectivity index (χ1v) is 6.97. The van der Waals surface area contributed by atoms with Gasteiger partial charge in [-0.05, 0) is 33.3 Å². The quantitative estimate of drug-likeness (QED) is 0.842. The first-order chi connectivity index (χ1) is 9.76. The maximum atomic E-state index is 12.7. The maximum absolute atomic E-state index is 12.7. The van der Waals surface area contributed by atoms with Crippen molar-refractivity contribution in [2.75, 3.05) is 26.8 Å². The van der Waals surface area contributed by atoms with Crippen molar-refractivity contribution in [3.63, 3.8) is 0 Å². The van der Waals surface area contributed by atoms with E-state index < -0.39 is 5.97 Å². The van der Waals surface area contributed by atoms with Crippen LogP contribution < -0.4 is 0 Å². The number of ether oxygens (including phenoxy) is 2. The van der Waals surface area contributed by atoms with Gasteiger partial charge in [0.2, 0.25) is 0 Å². The second kappa shape index (κ2) is 5.52. The number of nitrogens with zero attached hydrogens (tertiary/aromatic N) is 1. The summed E-state index contributed by atoms with van der Waals surface area (Å²) in [6, 6.07) is 0. The SMILES string of the molecule is COC(=O)c1c(C)[nH]c(C(=O)N2CCOC(C)(C)C2)c1C. The Morgan fingerprint density at radius 1 is 1.33 bits per heavy atom. The van der Waals surface area contributed by atoms with E-state index in [0.29, 0.717) is 42.2 Å². The van der Waals surface area contributed by atoms with Gasteiger partial charge in [-0.2, -0.15) is 0 Å². The molecule has 0 unspecified atom stereocenters. The van der Waals surface area contributed by atoms with Crippen molar-refractivity contribution in [2.24, 2.45) is 0 Å². The minimum atomic E-state index is -0.428. The Morgan fingerprint density at radius 2 is 2.00 bits per heavy atom. The van der Waals surface area contributed by atoms with Crippen molar-refractivity contribution in [1.82, 2.24) is 9.88 Å². The highest BCUT2D eigenvalue weighted by atomic mass is 16.5. The van der Waals surface area contributed by atoms with Gasteiger partial charge in [0.05, 0.1) is 24.9 Å². The predicted molar refractivity (Wildman–Crippen MR) is 77.5 cm³/mol. The number of amides is 1. The molecule has 1 fully saturated rings. The molecular formula is C15H22N2O4. The molecule has 21 heavy (non-hydrogen) atoms. The van der Waals surface area contributed by atoms with E-state index in [-0.39, 0.29) is 11.5 Å². The van der Waals surface area contributed by atoms with E-state index in [1.54, 1.807) is 18.7 Å². The molecular weight excluding hydrogens is 272 g/mol. The molecule has 0 bridgehead atoms. The number of hydrogen-bond acceptors (Lipinski definition) is 4. The molecule has 1 aromatic rings. The van der Waals surface area contributed by atoms with Gasteiger partial charge in [-0.15, -0.1) is 0 Å². The number of aromatic nitrogens is 1. The lowest BCUT2D eigenvalue weighted by molar-refractivity contribution is -0.0765. The molecule has 0 spiro atoms. The topological polar surface area (TPSA) is 71.6 Å². The predicted octanol–water partition coefficient (Wildman–Crippen LogP) is 1.67. The smallest absolute Gasteiger partial charge is 0.339 e. The van der Waals surface area contributed by atoms with Gasteiger partial charge in [0, 0.05) is 18.8 Å². The number of nitrogens with one attached hydrogen (secondary N) is 1. The molecule has 1 saturated heterocycles. The van der Waals surface area contributed by atoms with Crippen molar-refractivity contribution in [2.45, 2.75) is 33.3 Å². The van der Waals surface area contributed by atoms with Gasteiger partial charge in [0.1, 0.15) is 5.69 Å². The highest BCUT2D eigenvalue weighted by Gasteiger charge is 2.32. The van der Waals surface area contributed by atoms with Crippen LogP contribution in [0.15, 0.2) is 0 Å². The Labute approximate surface area is 124 Å². The number of carbonyl (C=O) groups is 2. The number of rotatable bonds is 2. The van der Waals surface area contributed by atoms with Gasteiger partial charge in [0.15, 0.2) is 0 Å². The van der Waals surface area contributed by atoms with E-state index in [0.717, 1.165) is 0 Å². The average molecular weight is 294 g/mol. The van der Waals surface area contributed by atoms with E-state index in [2.05, 4.69) is 4.98 Å². The third-order valence-electron chi connectivity index (χ3n) is 3.75. The third-order valence-corrected chi connectivity index (χ3v) is 3.75. The second-order valence-electron chi connectivity index (χ2n) is 5.95. The van der Waals surface area contributed by atoms with E-state index in [1.165, 1.54) is 7.11 Å². The first kappa shape index (κ1) is 15.6. The summed E-state index contributed by atoms with van der Waals surface area (Å²) in [4.78, 5) is 29.2. The van der Waals surface area contributed by atoms with Crippen LogP contribution in [0.5, 0.6) is 0 Å². The van der Waals surface area contributed by atoms with Crippen LogP contribution in [0.2, 0.25) is 0 Å². The summed E-state index contributed by atoms with van der Waals surface area (Å²) in [5.41, 5.74) is 1.82. The largest absolute Gasteiger partial charge is 0.465 e. The van der Waals surface area contributed by atoms with Crippen LogP contribution in [0, 0.1) is 13.8 Å². The number of methoxy groups -OCH3 is 1. The molecule has 0 radical (unpaired) electrons. The molecule has 0 aliphatic carbocycles. The van der Waals surface area contributed by atoms with E-state index in [4.69, 9.17) is 9.47 Å². The van der Waals surface area contributed by atoms with E-state index in [9.17, 15) is 9.59 Å². The Kier molecular flexibility index (Phi) is 4.09. The van der Waals surface area contributed by atoms with Gasteiger partial charge in [0.25, 0.3) is 5.91 Å². The molecule has 6 heteroatoms. The number of H-pyrrole nitrogens is 1. The van der Waals surface area contributed by atoms with Gasteiger partial charge < -0.3 is 19.4 Å². The van der Waals surface area contributed by atoms with Crippen molar-refractivity contribution in [1.29, 1.82) is 0 Å². The minimum absolute atomic E-state index is 0.109. The first-order valence-electron chi connectivity index (χ1n) is 6.97. The molecule has 0 atom stereocenters. The lowest BCUT2D eigenvalue weighted by atomic mass is 10.1. The van der Waals surface area contributed by atoms with Gasteiger partial charge >= 0.3 is 5.97 Å². The number of morpholine rings is 1. The molecule has 2 rings (SSSR count). The zero-order valence-electron chi connectivity index (χ0n) is 13.2. The fourth-order valence-electron chi connectivity index (χ4n) is 2.72. The van der Waals surface area contributed by atoms with Crippen LogP contribution in [-0.2, 0) is 9.47 Å². The normalized spacial score (nSPS) is 17.7. The Morgan fingerprint density at radius 3 is 2.57 bits per heavy atom. The Balaban J connectivity index is 2.30. The third kappa shape index (κ3) is 2.95. The fourth-order valence-corrected chi connectivity index (χ4v) is 2.72. The van der Waals surface area contributed by atoms with Crippen LogP contribution in [0.1, 0.15) is 46.0 Å². The summed E-state index contributed by atoms with van der Waals surface area (Å²) in [5.74, 6) is -0.537. The van der Waals surface area contributed by atoms with Crippen molar-refractivity contribution in [3.05, 3.63) is 22.5 Å². The number of hydrogen-bond donors (Lipinski definition) is 1. The van der Waals surface area contributed by atoms with Crippen LogP contribution in [0.25, 0.3) is 0 Å². The second-order valence-corrected chi connectivity index (χ2v) is 5.95. The Bertz CT molecular complexity index is 574. The standard InChI is InChI=1S/C15H22N2O4/c1-9-11(14(19)20-5)10(2)16-12(9)13(18)17-6-7-21-15(3,4)8-17/h16H,6-8H2,1-5H3. The lowest BCUT2D eigenvalue weighted by Gasteiger charge is -2.38. The molecule has 0 aromatic carbocycles. The molecule has 2 heterocycles. The summed E-state index contributed by atoms with van der Waals surface area (Å²) in [7, 11) is 1.33. The minimum Gasteiger partial charge on any atom is -0.465 e. The summed E-state index contributed by atoms with van der Waals surface area (Å²) in [6.45, 7) is 9.03. The van der Waals surface area contributed by atoms with Crippen molar-refractivity contribution >= 4 is 11.9 Å². The lowest BCUT2D eigenvalue weighted by Crippen LogP contribution is -2.50. The molecule has 1 N–H and O–H groups in total. The highest BCUT2D eigenvalue weighted by molar-refractivity contribution is 6.00. The van der Waals surface area contributed by atoms with Gasteiger partial charge in [-0.3, -0.25) is 4.79 Å². The van der Waals surface area contributed by atoms with Crippen molar-refractivity contribution < 1.29 is 19.1 Å². The van der Waals surface area contributed by atoms with E-state index in [1.807, 2.05) is 13.8 Å². The summed E-state index contributed by atoms with van der Waals surface area (Å²) >= 11 is 0. The van der Waals surface area contributed by atoms with Crippen LogP contribution in [0.4, 0.5) is 0 Å². The molecule has 1 aromatic heterocycles. The number of carbonyl (C=O) groups excluding carboxylic acids is 2. The van der Waals surface area contributed by atoms with Gasteiger partial charge in [-0.1, -0.05) is 0 Å². The summed E-state index contributed by atoms with van der Waals surface area (Å²) < 4.78 is 10.4. The maximum Gasteiger partial charge on any atom is 0.339 e. The van der Waals surface area contributed by atoms with Crippen molar-refractivity contribution in [3.8, 4) is 0 Å². The van der Waals surface area contributed by atoms with E-state index >= 15 is 0 Å². The fraction of sp³-hybridized carbons (Fsp3) is 0.600. The molecule has 1 aliphatic heterocycles. The summed E-state index contributed by atoms with van der Waals surface area (Å²) in [6.07, 6.45) is 0. The van der Waals surface area contributed by atoms with Crippen LogP contribution in [-0.4, -0.2) is 54.2 Å². The number of aryl methyl sites for hydroxylation is 1. The molecule has 1 aliphatic rings. The molecule has 116 valence electrons. The zero-order valence-corrected chi connectivity index (χ0v) is 13.2. The highest BCUT2D eigenvalue weighted by Crippen LogP contribution is 2.23. The number of aromatic amines is 1. The van der Waals surface area contributed by atoms with Crippen LogP contribution in [0.3, 0.4) is 0 Å². The Hall–Kier alpha value is -1.82.